The highest BCUT2D eigenvalue weighted by atomic mass is 16.5. The van der Waals surface area contributed by atoms with Crippen molar-refractivity contribution in [1.29, 1.82) is 5.26 Å². The van der Waals surface area contributed by atoms with Crippen LogP contribution in [0.3, 0.4) is 0 Å². The number of rotatable bonds is 5. The summed E-state index contributed by atoms with van der Waals surface area (Å²) in [6.07, 6.45) is 2.74. The SMILES string of the molecule is CCc1ccc(-c2noc(CN3CCN(c4ncccc4C#N)CC3)n2)cc1. The van der Waals surface area contributed by atoms with E-state index in [0.29, 0.717) is 23.8 Å². The van der Waals surface area contributed by atoms with Crippen LogP contribution in [0.2, 0.25) is 0 Å². The Morgan fingerprint density at radius 3 is 2.61 bits per heavy atom. The van der Waals surface area contributed by atoms with E-state index in [1.54, 1.807) is 12.3 Å². The number of aryl methyl sites for hydroxylation is 1. The van der Waals surface area contributed by atoms with Gasteiger partial charge in [-0.3, -0.25) is 4.90 Å². The van der Waals surface area contributed by atoms with Crippen LogP contribution in [-0.4, -0.2) is 46.2 Å². The predicted octanol–water partition coefficient (Wildman–Crippen LogP) is 2.89. The molecular weight excluding hydrogens is 352 g/mol. The predicted molar refractivity (Wildman–Crippen MR) is 106 cm³/mol. The van der Waals surface area contributed by atoms with Gasteiger partial charge < -0.3 is 9.42 Å². The van der Waals surface area contributed by atoms with E-state index in [9.17, 15) is 5.26 Å². The third kappa shape index (κ3) is 3.87. The van der Waals surface area contributed by atoms with Crippen molar-refractivity contribution < 1.29 is 4.52 Å². The van der Waals surface area contributed by atoms with Crippen molar-refractivity contribution in [2.45, 2.75) is 19.9 Å². The Bertz CT molecular complexity index is 967. The van der Waals surface area contributed by atoms with Crippen molar-refractivity contribution in [3.63, 3.8) is 0 Å². The number of hydrogen-bond donors (Lipinski definition) is 0. The van der Waals surface area contributed by atoms with Crippen molar-refractivity contribution >= 4 is 5.82 Å². The van der Waals surface area contributed by atoms with Crippen LogP contribution >= 0.6 is 0 Å². The van der Waals surface area contributed by atoms with Gasteiger partial charge in [0.2, 0.25) is 11.7 Å². The molecule has 0 unspecified atom stereocenters. The molecule has 7 nitrogen and oxygen atoms in total. The summed E-state index contributed by atoms with van der Waals surface area (Å²) in [6.45, 7) is 6.09. The minimum Gasteiger partial charge on any atom is -0.353 e. The molecule has 0 bridgehead atoms. The number of nitriles is 1. The van der Waals surface area contributed by atoms with E-state index < -0.39 is 0 Å². The molecule has 1 saturated heterocycles. The van der Waals surface area contributed by atoms with Gasteiger partial charge in [-0.15, -0.1) is 0 Å². The smallest absolute Gasteiger partial charge is 0.241 e. The Hall–Kier alpha value is -3.24. The third-order valence-electron chi connectivity index (χ3n) is 5.03. The molecular formula is C21H22N6O. The van der Waals surface area contributed by atoms with E-state index in [-0.39, 0.29) is 0 Å². The Morgan fingerprint density at radius 1 is 1.11 bits per heavy atom. The zero-order valence-corrected chi connectivity index (χ0v) is 15.9. The van der Waals surface area contributed by atoms with Gasteiger partial charge in [-0.1, -0.05) is 36.3 Å². The highest BCUT2D eigenvalue weighted by Crippen LogP contribution is 2.20. The van der Waals surface area contributed by atoms with E-state index in [1.807, 2.05) is 18.2 Å². The van der Waals surface area contributed by atoms with E-state index >= 15 is 0 Å². The summed E-state index contributed by atoms with van der Waals surface area (Å²) >= 11 is 0. The fraction of sp³-hybridized carbons (Fsp3) is 0.333. The van der Waals surface area contributed by atoms with E-state index in [4.69, 9.17) is 4.52 Å². The van der Waals surface area contributed by atoms with Gasteiger partial charge in [0.25, 0.3) is 0 Å². The van der Waals surface area contributed by atoms with Crippen LogP contribution in [0, 0.1) is 11.3 Å². The van der Waals surface area contributed by atoms with Crippen LogP contribution < -0.4 is 4.90 Å². The van der Waals surface area contributed by atoms with Crippen LogP contribution in [0.5, 0.6) is 0 Å². The number of pyridine rings is 1. The van der Waals surface area contributed by atoms with Crippen molar-refractivity contribution in [2.75, 3.05) is 31.1 Å². The van der Waals surface area contributed by atoms with Gasteiger partial charge in [0, 0.05) is 37.9 Å². The van der Waals surface area contributed by atoms with Crippen molar-refractivity contribution in [3.8, 4) is 17.5 Å². The fourth-order valence-electron chi connectivity index (χ4n) is 3.37. The summed E-state index contributed by atoms with van der Waals surface area (Å²) in [4.78, 5) is 13.4. The Morgan fingerprint density at radius 2 is 1.89 bits per heavy atom. The van der Waals surface area contributed by atoms with Gasteiger partial charge in [-0.25, -0.2) is 4.98 Å². The monoisotopic (exact) mass is 374 g/mol. The maximum absolute atomic E-state index is 9.27. The molecule has 0 radical (unpaired) electrons. The molecule has 28 heavy (non-hydrogen) atoms. The van der Waals surface area contributed by atoms with Gasteiger partial charge in [-0.05, 0) is 24.1 Å². The maximum atomic E-state index is 9.27. The lowest BCUT2D eigenvalue weighted by atomic mass is 10.1. The molecule has 142 valence electrons. The lowest BCUT2D eigenvalue weighted by Gasteiger charge is -2.34. The number of nitrogens with zero attached hydrogens (tertiary/aromatic N) is 6. The van der Waals surface area contributed by atoms with Crippen LogP contribution in [0.25, 0.3) is 11.4 Å². The quantitative estimate of drug-likeness (QED) is 0.679. The highest BCUT2D eigenvalue weighted by molar-refractivity contribution is 5.55. The first kappa shape index (κ1) is 18.1. The van der Waals surface area contributed by atoms with Gasteiger partial charge in [0.15, 0.2) is 0 Å². The number of aromatic nitrogens is 3. The molecule has 3 heterocycles. The molecule has 0 atom stereocenters. The van der Waals surface area contributed by atoms with Crippen molar-refractivity contribution in [3.05, 3.63) is 59.6 Å². The molecule has 3 aromatic rings. The largest absolute Gasteiger partial charge is 0.353 e. The highest BCUT2D eigenvalue weighted by Gasteiger charge is 2.22. The minimum atomic E-state index is 0.617. The van der Waals surface area contributed by atoms with Crippen molar-refractivity contribution in [1.82, 2.24) is 20.0 Å². The second-order valence-electron chi connectivity index (χ2n) is 6.81. The van der Waals surface area contributed by atoms with Gasteiger partial charge in [0.1, 0.15) is 11.9 Å². The summed E-state index contributed by atoms with van der Waals surface area (Å²) in [7, 11) is 0. The van der Waals surface area contributed by atoms with Crippen molar-refractivity contribution in [2.24, 2.45) is 0 Å². The summed E-state index contributed by atoms with van der Waals surface area (Å²) in [5.74, 6) is 2.02. The normalized spacial score (nSPS) is 14.8. The van der Waals surface area contributed by atoms with Crippen LogP contribution in [-0.2, 0) is 13.0 Å². The maximum Gasteiger partial charge on any atom is 0.241 e. The topological polar surface area (TPSA) is 82.1 Å². The lowest BCUT2D eigenvalue weighted by Crippen LogP contribution is -2.46. The van der Waals surface area contributed by atoms with Crippen LogP contribution in [0.1, 0.15) is 23.9 Å². The van der Waals surface area contributed by atoms with Gasteiger partial charge >= 0.3 is 0 Å². The minimum absolute atomic E-state index is 0.617. The van der Waals surface area contributed by atoms with Gasteiger partial charge in [-0.2, -0.15) is 10.2 Å². The molecule has 0 spiro atoms. The average molecular weight is 374 g/mol. The number of anilines is 1. The fourth-order valence-corrected chi connectivity index (χ4v) is 3.37. The number of benzene rings is 1. The van der Waals surface area contributed by atoms with Gasteiger partial charge in [0.05, 0.1) is 12.1 Å². The molecule has 1 aliphatic heterocycles. The summed E-state index contributed by atoms with van der Waals surface area (Å²) in [5, 5.41) is 13.4. The Labute approximate surface area is 164 Å². The summed E-state index contributed by atoms with van der Waals surface area (Å²) in [6, 6.07) is 14.1. The van der Waals surface area contributed by atoms with Crippen LogP contribution in [0.4, 0.5) is 5.82 Å². The Kier molecular flexibility index (Phi) is 5.31. The molecule has 4 rings (SSSR count). The number of hydrogen-bond acceptors (Lipinski definition) is 7. The molecule has 0 aliphatic carbocycles. The molecule has 1 aliphatic rings. The molecule has 0 amide bonds. The molecule has 2 aromatic heterocycles. The zero-order chi connectivity index (χ0) is 19.3. The average Bonchev–Trinajstić information content (AvgIpc) is 3.23. The standard InChI is InChI=1S/C21H22N6O/c1-2-16-5-7-17(8-6-16)20-24-19(28-25-20)15-26-10-12-27(13-11-26)21-18(14-22)4-3-9-23-21/h3-9H,2,10-13,15H2,1H3. The lowest BCUT2D eigenvalue weighted by molar-refractivity contribution is 0.215. The molecule has 0 saturated carbocycles. The second kappa shape index (κ2) is 8.19. The summed E-state index contributed by atoms with van der Waals surface area (Å²) in [5.41, 5.74) is 2.88. The molecule has 1 aromatic carbocycles. The summed E-state index contributed by atoms with van der Waals surface area (Å²) < 4.78 is 5.45. The van der Waals surface area contributed by atoms with E-state index in [2.05, 4.69) is 50.1 Å². The van der Waals surface area contributed by atoms with Crippen LogP contribution in [0.15, 0.2) is 47.1 Å². The molecule has 0 N–H and O–H groups in total. The van der Waals surface area contributed by atoms with E-state index in [0.717, 1.165) is 44.0 Å². The first-order valence-electron chi connectivity index (χ1n) is 9.51. The zero-order valence-electron chi connectivity index (χ0n) is 15.9. The third-order valence-corrected chi connectivity index (χ3v) is 5.03. The molecule has 7 heteroatoms. The first-order chi connectivity index (χ1) is 13.8. The first-order valence-corrected chi connectivity index (χ1v) is 9.51. The Balaban J connectivity index is 1.36. The van der Waals surface area contributed by atoms with E-state index in [1.165, 1.54) is 5.56 Å². The number of piperazine rings is 1. The second-order valence-corrected chi connectivity index (χ2v) is 6.81. The molecule has 1 fully saturated rings.